The first-order valence-corrected chi connectivity index (χ1v) is 10.7. The molecule has 0 radical (unpaired) electrons. The standard InChI is InChI=1S/C21H28N2O4S/c1-6-16-9-8-10-17(7-2)21(16)22-20(24)14-23(4)28(25,26)18-11-12-19(27-5)15(3)13-18/h8-13H,6-7,14H2,1-5H3,(H,22,24). The van der Waals surface area contributed by atoms with Crippen LogP contribution in [0.1, 0.15) is 30.5 Å². The highest BCUT2D eigenvalue weighted by atomic mass is 32.2. The van der Waals surface area contributed by atoms with Gasteiger partial charge in [-0.15, -0.1) is 0 Å². The number of benzene rings is 2. The molecule has 1 N–H and O–H groups in total. The van der Waals surface area contributed by atoms with Crippen LogP contribution in [0.15, 0.2) is 41.3 Å². The van der Waals surface area contributed by atoms with Gasteiger partial charge in [0, 0.05) is 12.7 Å². The topological polar surface area (TPSA) is 75.7 Å². The normalized spacial score (nSPS) is 11.5. The van der Waals surface area contributed by atoms with E-state index >= 15 is 0 Å². The Hall–Kier alpha value is -2.38. The van der Waals surface area contributed by atoms with Gasteiger partial charge < -0.3 is 10.1 Å². The van der Waals surface area contributed by atoms with E-state index in [2.05, 4.69) is 5.32 Å². The molecule has 0 fully saturated rings. The second-order valence-electron chi connectivity index (χ2n) is 6.60. The lowest BCUT2D eigenvalue weighted by Crippen LogP contribution is -2.35. The van der Waals surface area contributed by atoms with Crippen LogP contribution in [0.4, 0.5) is 5.69 Å². The van der Waals surface area contributed by atoms with E-state index in [-0.39, 0.29) is 17.3 Å². The maximum absolute atomic E-state index is 12.8. The third-order valence-electron chi connectivity index (χ3n) is 4.70. The molecule has 28 heavy (non-hydrogen) atoms. The van der Waals surface area contributed by atoms with Crippen molar-refractivity contribution in [3.8, 4) is 5.75 Å². The average Bonchev–Trinajstić information content (AvgIpc) is 2.67. The molecular weight excluding hydrogens is 376 g/mol. The second-order valence-corrected chi connectivity index (χ2v) is 8.64. The minimum atomic E-state index is -3.79. The van der Waals surface area contributed by atoms with E-state index in [1.54, 1.807) is 19.1 Å². The van der Waals surface area contributed by atoms with Gasteiger partial charge in [0.2, 0.25) is 15.9 Å². The van der Waals surface area contributed by atoms with Gasteiger partial charge in [0.25, 0.3) is 0 Å². The Labute approximate surface area is 167 Å². The van der Waals surface area contributed by atoms with Crippen LogP contribution in [0.3, 0.4) is 0 Å². The first kappa shape index (κ1) is 21.9. The van der Waals surface area contributed by atoms with Crippen LogP contribution < -0.4 is 10.1 Å². The first-order chi connectivity index (χ1) is 13.2. The van der Waals surface area contributed by atoms with Crippen LogP contribution in [0.25, 0.3) is 0 Å². The number of carbonyl (C=O) groups is 1. The van der Waals surface area contributed by atoms with Crippen LogP contribution in [0.2, 0.25) is 0 Å². The molecule has 0 bridgehead atoms. The lowest BCUT2D eigenvalue weighted by atomic mass is 10.0. The van der Waals surface area contributed by atoms with Crippen molar-refractivity contribution in [3.05, 3.63) is 53.1 Å². The maximum Gasteiger partial charge on any atom is 0.243 e. The van der Waals surface area contributed by atoms with Crippen molar-refractivity contribution in [2.45, 2.75) is 38.5 Å². The number of aryl methyl sites for hydroxylation is 3. The average molecular weight is 405 g/mol. The number of methoxy groups -OCH3 is 1. The fraction of sp³-hybridized carbons (Fsp3) is 0.381. The summed E-state index contributed by atoms with van der Waals surface area (Å²) in [5, 5.41) is 2.90. The SMILES string of the molecule is CCc1cccc(CC)c1NC(=O)CN(C)S(=O)(=O)c1ccc(OC)c(C)c1. The zero-order valence-corrected chi connectivity index (χ0v) is 17.9. The Bertz CT molecular complexity index is 933. The van der Waals surface area contributed by atoms with E-state index in [4.69, 9.17) is 4.74 Å². The summed E-state index contributed by atoms with van der Waals surface area (Å²) in [7, 11) is -0.851. The lowest BCUT2D eigenvalue weighted by Gasteiger charge is -2.19. The summed E-state index contributed by atoms with van der Waals surface area (Å²) >= 11 is 0. The first-order valence-electron chi connectivity index (χ1n) is 9.26. The summed E-state index contributed by atoms with van der Waals surface area (Å²) in [4.78, 5) is 12.7. The van der Waals surface area contributed by atoms with Crippen LogP contribution in [-0.4, -0.2) is 39.3 Å². The quantitative estimate of drug-likeness (QED) is 0.732. The number of ether oxygens (including phenoxy) is 1. The highest BCUT2D eigenvalue weighted by molar-refractivity contribution is 7.89. The maximum atomic E-state index is 12.8. The molecule has 0 unspecified atom stereocenters. The van der Waals surface area contributed by atoms with Crippen molar-refractivity contribution < 1.29 is 17.9 Å². The molecule has 2 aromatic carbocycles. The van der Waals surface area contributed by atoms with E-state index < -0.39 is 10.0 Å². The Morgan fingerprint density at radius 2 is 1.71 bits per heavy atom. The van der Waals surface area contributed by atoms with Crippen molar-refractivity contribution in [2.75, 3.05) is 26.0 Å². The number of likely N-dealkylation sites (N-methyl/N-ethyl adjacent to an activating group) is 1. The molecule has 7 heteroatoms. The Kier molecular flexibility index (Phi) is 7.21. The van der Waals surface area contributed by atoms with Crippen molar-refractivity contribution in [1.29, 1.82) is 0 Å². The van der Waals surface area contributed by atoms with Crippen molar-refractivity contribution in [2.24, 2.45) is 0 Å². The van der Waals surface area contributed by atoms with Gasteiger partial charge in [-0.1, -0.05) is 32.0 Å². The smallest absolute Gasteiger partial charge is 0.243 e. The summed E-state index contributed by atoms with van der Waals surface area (Å²) < 4.78 is 31.9. The number of anilines is 1. The number of para-hydroxylation sites is 1. The van der Waals surface area contributed by atoms with Gasteiger partial charge in [0.1, 0.15) is 5.75 Å². The molecule has 0 aliphatic carbocycles. The van der Waals surface area contributed by atoms with Crippen molar-refractivity contribution in [3.63, 3.8) is 0 Å². The van der Waals surface area contributed by atoms with Crippen LogP contribution >= 0.6 is 0 Å². The van der Waals surface area contributed by atoms with Crippen molar-refractivity contribution in [1.82, 2.24) is 4.31 Å². The van der Waals surface area contributed by atoms with Gasteiger partial charge in [0.05, 0.1) is 18.6 Å². The molecule has 0 aromatic heterocycles. The number of carbonyl (C=O) groups excluding carboxylic acids is 1. The lowest BCUT2D eigenvalue weighted by molar-refractivity contribution is -0.116. The number of nitrogens with zero attached hydrogens (tertiary/aromatic N) is 1. The van der Waals surface area contributed by atoms with Crippen LogP contribution in [-0.2, 0) is 27.7 Å². The van der Waals surface area contributed by atoms with Gasteiger partial charge in [-0.2, -0.15) is 4.31 Å². The van der Waals surface area contributed by atoms with Gasteiger partial charge in [-0.3, -0.25) is 4.79 Å². The molecule has 0 aliphatic rings. The highest BCUT2D eigenvalue weighted by Gasteiger charge is 2.24. The molecule has 6 nitrogen and oxygen atoms in total. The molecule has 2 aromatic rings. The zero-order chi connectivity index (χ0) is 20.9. The predicted octanol–water partition coefficient (Wildman–Crippen LogP) is 3.39. The van der Waals surface area contributed by atoms with E-state index in [0.717, 1.165) is 34.0 Å². The van der Waals surface area contributed by atoms with Crippen molar-refractivity contribution >= 4 is 21.6 Å². The predicted molar refractivity (Wildman–Crippen MR) is 111 cm³/mol. The summed E-state index contributed by atoms with van der Waals surface area (Å²) in [5.74, 6) is 0.245. The van der Waals surface area contributed by atoms with E-state index in [0.29, 0.717) is 11.3 Å². The number of hydrogen-bond donors (Lipinski definition) is 1. The number of sulfonamides is 1. The largest absolute Gasteiger partial charge is 0.496 e. The summed E-state index contributed by atoms with van der Waals surface area (Å²) in [6, 6.07) is 10.5. The fourth-order valence-electron chi connectivity index (χ4n) is 3.06. The van der Waals surface area contributed by atoms with Crippen LogP contribution in [0, 0.1) is 6.92 Å². The molecule has 1 amide bonds. The molecule has 0 saturated carbocycles. The van der Waals surface area contributed by atoms with E-state index in [1.807, 2.05) is 32.0 Å². The Morgan fingerprint density at radius 3 is 2.21 bits per heavy atom. The monoisotopic (exact) mass is 404 g/mol. The number of nitrogens with one attached hydrogen (secondary N) is 1. The molecular formula is C21H28N2O4S. The second kappa shape index (κ2) is 9.21. The summed E-state index contributed by atoms with van der Waals surface area (Å²) in [5.41, 5.74) is 3.56. The summed E-state index contributed by atoms with van der Waals surface area (Å²) in [6.07, 6.45) is 1.56. The summed E-state index contributed by atoms with van der Waals surface area (Å²) in [6.45, 7) is 5.55. The number of hydrogen-bond acceptors (Lipinski definition) is 4. The zero-order valence-electron chi connectivity index (χ0n) is 17.1. The Morgan fingerprint density at radius 1 is 1.11 bits per heavy atom. The molecule has 0 spiro atoms. The molecule has 2 rings (SSSR count). The Balaban J connectivity index is 2.19. The molecule has 152 valence electrons. The van der Waals surface area contributed by atoms with Gasteiger partial charge in [-0.05, 0) is 54.7 Å². The number of rotatable bonds is 8. The minimum absolute atomic E-state index is 0.129. The van der Waals surface area contributed by atoms with Crippen LogP contribution in [0.5, 0.6) is 5.75 Å². The number of amides is 1. The highest BCUT2D eigenvalue weighted by Crippen LogP contribution is 2.24. The third-order valence-corrected chi connectivity index (χ3v) is 6.50. The van der Waals surface area contributed by atoms with E-state index in [9.17, 15) is 13.2 Å². The van der Waals surface area contributed by atoms with Gasteiger partial charge in [-0.25, -0.2) is 8.42 Å². The van der Waals surface area contributed by atoms with Gasteiger partial charge >= 0.3 is 0 Å². The van der Waals surface area contributed by atoms with Gasteiger partial charge in [0.15, 0.2) is 0 Å². The van der Waals surface area contributed by atoms with E-state index in [1.165, 1.54) is 20.2 Å². The fourth-order valence-corrected chi connectivity index (χ4v) is 4.27. The molecule has 0 atom stereocenters. The minimum Gasteiger partial charge on any atom is -0.496 e. The molecule has 0 aliphatic heterocycles. The molecule has 0 heterocycles. The third kappa shape index (κ3) is 4.72. The molecule has 0 saturated heterocycles.